The lowest BCUT2D eigenvalue weighted by molar-refractivity contribution is -0.313. The third-order valence-electron chi connectivity index (χ3n) is 4.56. The summed E-state index contributed by atoms with van der Waals surface area (Å²) in [6.45, 7) is 1.33. The molecule has 0 heterocycles. The van der Waals surface area contributed by atoms with Gasteiger partial charge in [-0.3, -0.25) is 0 Å². The van der Waals surface area contributed by atoms with Crippen molar-refractivity contribution in [2.75, 3.05) is 7.11 Å². The molecule has 0 saturated heterocycles. The fourth-order valence-electron chi connectivity index (χ4n) is 2.79. The number of benzene rings is 2. The molecule has 0 aromatic heterocycles. The van der Waals surface area contributed by atoms with Crippen molar-refractivity contribution in [3.05, 3.63) is 58.6 Å². The van der Waals surface area contributed by atoms with Crippen LogP contribution < -0.4 is 10.4 Å². The molecule has 0 spiro atoms. The molecule has 5 nitrogen and oxygen atoms in total. The molecule has 2 aromatic rings. The van der Waals surface area contributed by atoms with Crippen LogP contribution >= 0.6 is 23.4 Å². The fourth-order valence-corrected chi connectivity index (χ4v) is 4.05. The lowest BCUT2D eigenvalue weighted by Crippen LogP contribution is -2.58. The number of carbonyl (C=O) groups is 2. The van der Waals surface area contributed by atoms with Crippen LogP contribution in [-0.4, -0.2) is 24.7 Å². The summed E-state index contributed by atoms with van der Waals surface area (Å²) in [5.74, 6) is -1.43. The molecule has 0 radical (unpaired) electrons. The second-order valence-electron chi connectivity index (χ2n) is 6.97. The van der Waals surface area contributed by atoms with Crippen LogP contribution in [-0.2, 0) is 22.1 Å². The van der Waals surface area contributed by atoms with E-state index in [4.69, 9.17) is 11.6 Å². The molecular formula is C21H20ClF3NO4S-. The maximum absolute atomic E-state index is 12.9. The van der Waals surface area contributed by atoms with Crippen LogP contribution in [0.25, 0.3) is 0 Å². The summed E-state index contributed by atoms with van der Waals surface area (Å²) in [7, 11) is 1.13. The lowest BCUT2D eigenvalue weighted by atomic mass is 9.93. The predicted molar refractivity (Wildman–Crippen MR) is 109 cm³/mol. The molecule has 2 aromatic carbocycles. The largest absolute Gasteiger partial charge is 0.548 e. The second kappa shape index (κ2) is 10.3. The number of carbonyl (C=O) groups excluding carboxylic acids is 2. The number of aryl methyl sites for hydroxylation is 1. The molecule has 1 unspecified atom stereocenters. The first-order valence-electron chi connectivity index (χ1n) is 9.16. The van der Waals surface area contributed by atoms with Crippen molar-refractivity contribution in [2.45, 2.75) is 47.7 Å². The van der Waals surface area contributed by atoms with Gasteiger partial charge in [-0.2, -0.15) is 13.2 Å². The molecule has 0 saturated carbocycles. The maximum Gasteiger partial charge on any atom is 0.416 e. The third kappa shape index (κ3) is 7.07. The Labute approximate surface area is 186 Å². The Bertz CT molecular complexity index is 954. The van der Waals surface area contributed by atoms with E-state index in [1.165, 1.54) is 13.0 Å². The minimum atomic E-state index is -4.42. The van der Waals surface area contributed by atoms with Gasteiger partial charge in [-0.15, -0.1) is 0 Å². The van der Waals surface area contributed by atoms with Gasteiger partial charge in [-0.25, -0.2) is 4.79 Å². The van der Waals surface area contributed by atoms with Gasteiger partial charge in [0.15, 0.2) is 0 Å². The SMILES string of the molecule is COC(=O)NC(C)(CCCc1ccc(Sc2cccc(C(F)(F)F)c2)cc1Cl)C(=O)[O-]. The number of carboxylic acid groups (broad SMARTS) is 1. The van der Waals surface area contributed by atoms with Crippen LogP contribution in [0.15, 0.2) is 52.3 Å². The normalized spacial score (nSPS) is 13.4. The Morgan fingerprint density at radius 3 is 2.42 bits per heavy atom. The lowest BCUT2D eigenvalue weighted by Gasteiger charge is -2.31. The van der Waals surface area contributed by atoms with Crippen LogP contribution in [0.5, 0.6) is 0 Å². The van der Waals surface area contributed by atoms with Crippen molar-refractivity contribution in [1.82, 2.24) is 5.32 Å². The number of nitrogens with one attached hydrogen (secondary N) is 1. The molecule has 0 fully saturated rings. The van der Waals surface area contributed by atoms with Gasteiger partial charge in [-0.05, 0) is 62.1 Å². The average molecular weight is 475 g/mol. The third-order valence-corrected chi connectivity index (χ3v) is 5.89. The van der Waals surface area contributed by atoms with E-state index in [2.05, 4.69) is 10.1 Å². The number of hydrogen-bond donors (Lipinski definition) is 1. The number of carboxylic acids is 1. The molecule has 1 atom stereocenters. The average Bonchev–Trinajstić information content (AvgIpc) is 2.69. The molecular weight excluding hydrogens is 455 g/mol. The quantitative estimate of drug-likeness (QED) is 0.600. The molecule has 0 aliphatic carbocycles. The van der Waals surface area contributed by atoms with E-state index >= 15 is 0 Å². The first-order chi connectivity index (χ1) is 14.4. The van der Waals surface area contributed by atoms with Gasteiger partial charge in [0.2, 0.25) is 0 Å². The molecule has 1 N–H and O–H groups in total. The standard InChI is InChI=1S/C21H21ClF3NO4S/c1-20(18(27)28,26-19(29)30-2)10-4-5-13-8-9-16(12-17(13)22)31-15-7-3-6-14(11-15)21(23,24)25/h3,6-9,11-12H,4-5,10H2,1-2H3,(H,26,29)(H,27,28)/p-1. The number of alkyl carbamates (subject to hydrolysis) is 1. The van der Waals surface area contributed by atoms with E-state index in [1.54, 1.807) is 24.3 Å². The van der Waals surface area contributed by atoms with Crippen molar-refractivity contribution in [3.63, 3.8) is 0 Å². The van der Waals surface area contributed by atoms with E-state index in [-0.39, 0.29) is 6.42 Å². The number of ether oxygens (including phenoxy) is 1. The van der Waals surface area contributed by atoms with E-state index in [9.17, 15) is 27.9 Å². The van der Waals surface area contributed by atoms with Crippen molar-refractivity contribution in [1.29, 1.82) is 0 Å². The van der Waals surface area contributed by atoms with Gasteiger partial charge in [-0.1, -0.05) is 35.5 Å². The Morgan fingerprint density at radius 1 is 1.16 bits per heavy atom. The summed E-state index contributed by atoms with van der Waals surface area (Å²) in [6.07, 6.45) is -4.39. The molecule has 0 bridgehead atoms. The Hall–Kier alpha value is -2.39. The second-order valence-corrected chi connectivity index (χ2v) is 8.52. The molecule has 31 heavy (non-hydrogen) atoms. The fraction of sp³-hybridized carbons (Fsp3) is 0.333. The summed E-state index contributed by atoms with van der Waals surface area (Å²) in [5, 5.41) is 14.1. The van der Waals surface area contributed by atoms with Crippen LogP contribution in [0.3, 0.4) is 0 Å². The number of rotatable bonds is 8. The number of methoxy groups -OCH3 is 1. The van der Waals surface area contributed by atoms with Gasteiger partial charge in [0, 0.05) is 14.8 Å². The predicted octanol–water partition coefficient (Wildman–Crippen LogP) is 4.70. The molecule has 0 aliphatic rings. The zero-order chi connectivity index (χ0) is 23.2. The molecule has 2 rings (SSSR count). The molecule has 0 aliphatic heterocycles. The van der Waals surface area contributed by atoms with Crippen molar-refractivity contribution < 1.29 is 32.6 Å². The van der Waals surface area contributed by atoms with Gasteiger partial charge < -0.3 is 20.0 Å². The van der Waals surface area contributed by atoms with E-state index < -0.39 is 29.3 Å². The van der Waals surface area contributed by atoms with E-state index in [0.29, 0.717) is 27.7 Å². The minimum Gasteiger partial charge on any atom is -0.548 e. The number of amides is 1. The maximum atomic E-state index is 12.9. The van der Waals surface area contributed by atoms with Gasteiger partial charge in [0.1, 0.15) is 0 Å². The van der Waals surface area contributed by atoms with Crippen molar-refractivity contribution in [2.24, 2.45) is 0 Å². The van der Waals surface area contributed by atoms with Crippen LogP contribution in [0.1, 0.15) is 30.9 Å². The molecule has 1 amide bonds. The van der Waals surface area contributed by atoms with Crippen LogP contribution in [0, 0.1) is 0 Å². The Morgan fingerprint density at radius 2 is 1.84 bits per heavy atom. The number of alkyl halides is 3. The van der Waals surface area contributed by atoms with Crippen molar-refractivity contribution >= 4 is 35.4 Å². The minimum absolute atomic E-state index is 0.0848. The van der Waals surface area contributed by atoms with Gasteiger partial charge in [0.05, 0.1) is 24.2 Å². The first-order valence-corrected chi connectivity index (χ1v) is 10.3. The molecule has 168 valence electrons. The van der Waals surface area contributed by atoms with Crippen molar-refractivity contribution in [3.8, 4) is 0 Å². The zero-order valence-corrected chi connectivity index (χ0v) is 18.3. The first kappa shape index (κ1) is 24.9. The number of aliphatic carboxylic acids is 1. The van der Waals surface area contributed by atoms with Crippen LogP contribution in [0.2, 0.25) is 5.02 Å². The summed E-state index contributed by atoms with van der Waals surface area (Å²) in [6, 6.07) is 10.1. The number of halogens is 4. The van der Waals surface area contributed by atoms with E-state index in [1.807, 2.05) is 0 Å². The summed E-state index contributed by atoms with van der Waals surface area (Å²) < 4.78 is 43.0. The zero-order valence-electron chi connectivity index (χ0n) is 16.7. The summed E-state index contributed by atoms with van der Waals surface area (Å²) >= 11 is 7.46. The number of hydrogen-bond acceptors (Lipinski definition) is 5. The molecule has 10 heteroatoms. The van der Waals surface area contributed by atoms with Gasteiger partial charge in [0.25, 0.3) is 0 Å². The highest BCUT2D eigenvalue weighted by Gasteiger charge is 2.30. The monoisotopic (exact) mass is 474 g/mol. The van der Waals surface area contributed by atoms with Gasteiger partial charge >= 0.3 is 12.3 Å². The Kier molecular flexibility index (Phi) is 8.25. The Balaban J connectivity index is 2.03. The highest BCUT2D eigenvalue weighted by Crippen LogP contribution is 2.35. The topological polar surface area (TPSA) is 78.5 Å². The highest BCUT2D eigenvalue weighted by molar-refractivity contribution is 7.99. The summed E-state index contributed by atoms with van der Waals surface area (Å²) in [5.41, 5.74) is -1.58. The van der Waals surface area contributed by atoms with Crippen LogP contribution in [0.4, 0.5) is 18.0 Å². The smallest absolute Gasteiger partial charge is 0.416 e. The highest BCUT2D eigenvalue weighted by atomic mass is 35.5. The van der Waals surface area contributed by atoms with E-state index in [0.717, 1.165) is 36.6 Å². The summed E-state index contributed by atoms with van der Waals surface area (Å²) in [4.78, 5) is 23.9.